The molecule has 0 bridgehead atoms. The summed E-state index contributed by atoms with van der Waals surface area (Å²) in [6, 6.07) is 9.21. The number of nitrogens with zero attached hydrogens (tertiary/aromatic N) is 3. The average molecular weight is 526 g/mol. The van der Waals surface area contributed by atoms with E-state index in [0.29, 0.717) is 10.6 Å². The molecule has 2 N–H and O–H groups in total. The van der Waals surface area contributed by atoms with E-state index >= 15 is 0 Å². The molecule has 0 aliphatic heterocycles. The Labute approximate surface area is 208 Å². The van der Waals surface area contributed by atoms with Crippen molar-refractivity contribution in [1.29, 1.82) is 0 Å². The van der Waals surface area contributed by atoms with E-state index < -0.39 is 41.8 Å². The van der Waals surface area contributed by atoms with E-state index in [1.807, 2.05) is 0 Å². The Morgan fingerprint density at radius 3 is 2.47 bits per heavy atom. The van der Waals surface area contributed by atoms with Crippen molar-refractivity contribution in [2.45, 2.75) is 25.3 Å². The van der Waals surface area contributed by atoms with Crippen molar-refractivity contribution < 1.29 is 27.5 Å². The van der Waals surface area contributed by atoms with Crippen LogP contribution in [0.3, 0.4) is 0 Å². The van der Waals surface area contributed by atoms with Crippen LogP contribution in [-0.4, -0.2) is 46.9 Å². The molecule has 0 spiro atoms. The summed E-state index contributed by atoms with van der Waals surface area (Å²) in [5.41, 5.74) is -1.08. The fourth-order valence-corrected chi connectivity index (χ4v) is 3.55. The molecule has 0 radical (unpaired) electrons. The predicted molar refractivity (Wildman–Crippen MR) is 125 cm³/mol. The summed E-state index contributed by atoms with van der Waals surface area (Å²) in [6.07, 6.45) is -4.63. The molecule has 9 nitrogen and oxygen atoms in total. The number of nitrogens with one attached hydrogen (secondary N) is 2. The topological polar surface area (TPSA) is 107 Å². The van der Waals surface area contributed by atoms with E-state index in [9.17, 15) is 27.6 Å². The van der Waals surface area contributed by atoms with Crippen molar-refractivity contribution in [3.8, 4) is 11.4 Å². The second kappa shape index (κ2) is 11.4. The number of carbonyl (C=O) groups is 2. The Bertz CT molecular complexity index is 1290. The van der Waals surface area contributed by atoms with Gasteiger partial charge in [0.05, 0.1) is 18.7 Å². The van der Waals surface area contributed by atoms with Crippen LogP contribution in [0.5, 0.6) is 0 Å². The molecular weight excluding hydrogens is 503 g/mol. The van der Waals surface area contributed by atoms with Gasteiger partial charge in [-0.3, -0.25) is 14.2 Å². The first kappa shape index (κ1) is 27.0. The van der Waals surface area contributed by atoms with E-state index in [0.717, 1.165) is 22.9 Å². The first-order valence-corrected chi connectivity index (χ1v) is 11.0. The van der Waals surface area contributed by atoms with Crippen molar-refractivity contribution in [3.63, 3.8) is 0 Å². The molecule has 0 saturated heterocycles. The number of amides is 2. The van der Waals surface area contributed by atoms with Crippen LogP contribution in [0.25, 0.3) is 11.4 Å². The fourth-order valence-electron chi connectivity index (χ4n) is 3.42. The van der Waals surface area contributed by atoms with Crippen LogP contribution < -0.4 is 16.3 Å². The molecule has 13 heteroatoms. The minimum atomic E-state index is -4.63. The number of rotatable bonds is 9. The van der Waals surface area contributed by atoms with Crippen LogP contribution in [-0.2, 0) is 33.6 Å². The van der Waals surface area contributed by atoms with Crippen LogP contribution >= 0.6 is 11.6 Å². The van der Waals surface area contributed by atoms with E-state index in [-0.39, 0.29) is 24.5 Å². The second-order valence-corrected chi connectivity index (χ2v) is 8.09. The third kappa shape index (κ3) is 6.32. The maximum Gasteiger partial charge on any atom is 0.416 e. The number of aromatic nitrogens is 3. The van der Waals surface area contributed by atoms with Gasteiger partial charge in [0, 0.05) is 24.7 Å². The maximum absolute atomic E-state index is 13.1. The summed E-state index contributed by atoms with van der Waals surface area (Å²) in [5.74, 6) is -1.27. The normalized spacial score (nSPS) is 12.3. The van der Waals surface area contributed by atoms with Crippen molar-refractivity contribution in [1.82, 2.24) is 25.0 Å². The van der Waals surface area contributed by atoms with Crippen LogP contribution in [0.4, 0.5) is 13.2 Å². The van der Waals surface area contributed by atoms with Crippen LogP contribution in [0.2, 0.25) is 5.02 Å². The highest BCUT2D eigenvalue weighted by atomic mass is 35.5. The molecule has 1 aromatic heterocycles. The molecule has 1 atom stereocenters. The Hall–Kier alpha value is -3.64. The average Bonchev–Trinajstić information content (AvgIpc) is 3.15. The number of carbonyl (C=O) groups excluding carboxylic acids is 2. The zero-order valence-electron chi connectivity index (χ0n) is 19.3. The highest BCUT2D eigenvalue weighted by Crippen LogP contribution is 2.31. The number of ether oxygens (including phenoxy) is 1. The van der Waals surface area contributed by atoms with Gasteiger partial charge in [-0.2, -0.15) is 13.2 Å². The fraction of sp³-hybridized carbons (Fsp3) is 0.304. The zero-order chi connectivity index (χ0) is 26.5. The first-order chi connectivity index (χ1) is 17.0. The second-order valence-electron chi connectivity index (χ2n) is 7.65. The molecule has 1 unspecified atom stereocenters. The van der Waals surface area contributed by atoms with Crippen molar-refractivity contribution in [2.24, 2.45) is 0 Å². The van der Waals surface area contributed by atoms with E-state index in [1.54, 1.807) is 24.3 Å². The molecule has 0 aliphatic carbocycles. The summed E-state index contributed by atoms with van der Waals surface area (Å²) in [7, 11) is 2.76. The van der Waals surface area contributed by atoms with Crippen LogP contribution in [0.15, 0.2) is 53.3 Å². The number of halogens is 4. The largest absolute Gasteiger partial charge is 0.416 e. The third-order valence-corrected chi connectivity index (χ3v) is 5.45. The highest BCUT2D eigenvalue weighted by Gasteiger charge is 2.32. The quantitative estimate of drug-likeness (QED) is 0.447. The smallest absolute Gasteiger partial charge is 0.383 e. The maximum atomic E-state index is 13.1. The molecule has 0 aliphatic rings. The number of hydrogen-bond donors (Lipinski definition) is 2. The molecule has 1 heterocycles. The van der Waals surface area contributed by atoms with E-state index in [4.69, 9.17) is 16.3 Å². The van der Waals surface area contributed by atoms with Gasteiger partial charge in [0.1, 0.15) is 12.6 Å². The lowest BCUT2D eigenvalue weighted by Gasteiger charge is -2.19. The van der Waals surface area contributed by atoms with Crippen LogP contribution in [0.1, 0.15) is 17.2 Å². The number of methoxy groups -OCH3 is 1. The molecule has 0 fully saturated rings. The predicted octanol–water partition coefficient (Wildman–Crippen LogP) is 2.63. The number of hydrogen-bond acceptors (Lipinski definition) is 5. The van der Waals surface area contributed by atoms with Gasteiger partial charge in [0.25, 0.3) is 0 Å². The summed E-state index contributed by atoms with van der Waals surface area (Å²) in [5, 5.41) is 9.44. The van der Waals surface area contributed by atoms with Crippen molar-refractivity contribution in [3.05, 3.63) is 75.2 Å². The standard InChI is InChI=1S/C23H23ClF3N5O4/c1-28-21(34)19(15-4-3-5-16(12-15)23(25,26)27)29-18(33)13-32-22(35)31(10-11-36-2)20(30-32)14-6-8-17(24)9-7-14/h3-9,12,19H,10-11,13H2,1-2H3,(H,28,34)(H,29,33). The van der Waals surface area contributed by atoms with Gasteiger partial charge in [-0.1, -0.05) is 23.7 Å². The van der Waals surface area contributed by atoms with Gasteiger partial charge < -0.3 is 15.4 Å². The Balaban J connectivity index is 1.90. The molecule has 0 saturated carbocycles. The highest BCUT2D eigenvalue weighted by molar-refractivity contribution is 6.30. The molecule has 36 heavy (non-hydrogen) atoms. The van der Waals surface area contributed by atoms with Gasteiger partial charge in [0.15, 0.2) is 5.82 Å². The summed E-state index contributed by atoms with van der Waals surface area (Å²) in [4.78, 5) is 38.2. The molecule has 2 aromatic carbocycles. The molecule has 3 rings (SSSR count). The third-order valence-electron chi connectivity index (χ3n) is 5.20. The summed E-state index contributed by atoms with van der Waals surface area (Å²) in [6.45, 7) is -0.224. The Morgan fingerprint density at radius 2 is 1.86 bits per heavy atom. The molecular formula is C23H23ClF3N5O4. The Kier molecular flexibility index (Phi) is 8.53. The van der Waals surface area contributed by atoms with Crippen molar-refractivity contribution in [2.75, 3.05) is 20.8 Å². The molecule has 2 amide bonds. The van der Waals surface area contributed by atoms with Crippen LogP contribution in [0, 0.1) is 0 Å². The van der Waals surface area contributed by atoms with Gasteiger partial charge in [-0.25, -0.2) is 9.48 Å². The molecule has 192 valence electrons. The van der Waals surface area contributed by atoms with Gasteiger partial charge >= 0.3 is 11.9 Å². The SMILES string of the molecule is CNC(=O)C(NC(=O)Cn1nc(-c2ccc(Cl)cc2)n(CCOC)c1=O)c1cccc(C(F)(F)F)c1. The lowest BCUT2D eigenvalue weighted by Crippen LogP contribution is -2.41. The summed E-state index contributed by atoms with van der Waals surface area (Å²) >= 11 is 5.94. The summed E-state index contributed by atoms with van der Waals surface area (Å²) < 4.78 is 46.7. The first-order valence-electron chi connectivity index (χ1n) is 10.7. The minimum Gasteiger partial charge on any atom is -0.383 e. The Morgan fingerprint density at radius 1 is 1.17 bits per heavy atom. The van der Waals surface area contributed by atoms with Gasteiger partial charge in [-0.15, -0.1) is 5.10 Å². The number of likely N-dealkylation sites (N-methyl/N-ethyl adjacent to an activating group) is 1. The van der Waals surface area contributed by atoms with Gasteiger partial charge in [0.2, 0.25) is 11.8 Å². The lowest BCUT2D eigenvalue weighted by atomic mass is 10.0. The van der Waals surface area contributed by atoms with E-state index in [1.165, 1.54) is 24.8 Å². The van der Waals surface area contributed by atoms with E-state index in [2.05, 4.69) is 15.7 Å². The lowest BCUT2D eigenvalue weighted by molar-refractivity contribution is -0.137. The minimum absolute atomic E-state index is 0.0719. The number of alkyl halides is 3. The number of benzene rings is 2. The molecule has 3 aromatic rings. The van der Waals surface area contributed by atoms with Crippen molar-refractivity contribution >= 4 is 23.4 Å². The zero-order valence-corrected chi connectivity index (χ0v) is 20.1. The monoisotopic (exact) mass is 525 g/mol. The van der Waals surface area contributed by atoms with Gasteiger partial charge in [-0.05, 0) is 42.0 Å².